The molecular weight excluding hydrogens is 148 g/mol. The third kappa shape index (κ3) is 2.65. The largest absolute Gasteiger partial charge is 0.300 e. The lowest BCUT2D eigenvalue weighted by atomic mass is 9.86. The zero-order valence-corrected chi connectivity index (χ0v) is 7.68. The van der Waals surface area contributed by atoms with Crippen LogP contribution in [0.4, 0.5) is 0 Å². The molecule has 0 radical (unpaired) electrons. The normalized spacial score (nSPS) is 22.8. The van der Waals surface area contributed by atoms with Crippen molar-refractivity contribution in [3.05, 3.63) is 24.3 Å². The Morgan fingerprint density at radius 2 is 2.50 bits per heavy atom. The molecule has 0 N–H and O–H groups in total. The van der Waals surface area contributed by atoms with Crippen molar-refractivity contribution in [3.63, 3.8) is 0 Å². The van der Waals surface area contributed by atoms with Crippen molar-refractivity contribution >= 4 is 5.78 Å². The zero-order valence-electron chi connectivity index (χ0n) is 7.68. The molecule has 0 bridgehead atoms. The number of rotatable bonds is 3. The molecular formula is C11H16O. The molecule has 0 heterocycles. The SMILES string of the molecule is C=C1C=CCCC1CCC(C)=O. The van der Waals surface area contributed by atoms with Gasteiger partial charge in [0, 0.05) is 6.42 Å². The smallest absolute Gasteiger partial charge is 0.129 e. The van der Waals surface area contributed by atoms with E-state index in [0.717, 1.165) is 12.8 Å². The van der Waals surface area contributed by atoms with E-state index in [-0.39, 0.29) is 5.78 Å². The summed E-state index contributed by atoms with van der Waals surface area (Å²) >= 11 is 0. The van der Waals surface area contributed by atoms with Gasteiger partial charge in [0.05, 0.1) is 0 Å². The van der Waals surface area contributed by atoms with E-state index in [1.54, 1.807) is 6.92 Å². The fourth-order valence-corrected chi connectivity index (χ4v) is 1.56. The van der Waals surface area contributed by atoms with Crippen molar-refractivity contribution in [1.29, 1.82) is 0 Å². The Labute approximate surface area is 74.2 Å². The maximum atomic E-state index is 10.7. The minimum atomic E-state index is 0.289. The number of ketones is 1. The van der Waals surface area contributed by atoms with E-state index in [1.807, 2.05) is 0 Å². The van der Waals surface area contributed by atoms with Gasteiger partial charge in [0.2, 0.25) is 0 Å². The Kier molecular flexibility index (Phi) is 3.27. The molecule has 1 heteroatoms. The second kappa shape index (κ2) is 4.24. The summed E-state index contributed by atoms with van der Waals surface area (Å²) in [6.45, 7) is 5.63. The second-order valence-electron chi connectivity index (χ2n) is 3.49. The highest BCUT2D eigenvalue weighted by Crippen LogP contribution is 2.26. The molecule has 1 nitrogen and oxygen atoms in total. The van der Waals surface area contributed by atoms with Crippen LogP contribution in [0.2, 0.25) is 0 Å². The van der Waals surface area contributed by atoms with Gasteiger partial charge in [-0.2, -0.15) is 0 Å². The van der Waals surface area contributed by atoms with Crippen molar-refractivity contribution in [3.8, 4) is 0 Å². The quantitative estimate of drug-likeness (QED) is 0.626. The maximum Gasteiger partial charge on any atom is 0.129 e. The molecule has 0 aromatic rings. The predicted molar refractivity (Wildman–Crippen MR) is 50.9 cm³/mol. The van der Waals surface area contributed by atoms with E-state index >= 15 is 0 Å². The third-order valence-electron chi connectivity index (χ3n) is 2.38. The number of hydrogen-bond donors (Lipinski definition) is 0. The molecule has 0 fully saturated rings. The topological polar surface area (TPSA) is 17.1 Å². The lowest BCUT2D eigenvalue weighted by Crippen LogP contribution is -2.07. The summed E-state index contributed by atoms with van der Waals surface area (Å²) in [6, 6.07) is 0. The summed E-state index contributed by atoms with van der Waals surface area (Å²) in [5.74, 6) is 0.844. The number of Topliss-reactive ketones (excluding diaryl/α,β-unsaturated/α-hetero) is 1. The average Bonchev–Trinajstić information content (AvgIpc) is 2.03. The van der Waals surface area contributed by atoms with Crippen LogP contribution < -0.4 is 0 Å². The summed E-state index contributed by atoms with van der Waals surface area (Å²) in [5, 5.41) is 0. The molecule has 0 aliphatic heterocycles. The minimum absolute atomic E-state index is 0.289. The minimum Gasteiger partial charge on any atom is -0.300 e. The first kappa shape index (κ1) is 9.24. The number of hydrogen-bond acceptors (Lipinski definition) is 1. The molecule has 1 aliphatic carbocycles. The van der Waals surface area contributed by atoms with Crippen molar-refractivity contribution in [2.24, 2.45) is 5.92 Å². The van der Waals surface area contributed by atoms with Crippen LogP contribution in [0.3, 0.4) is 0 Å². The Morgan fingerprint density at radius 3 is 3.08 bits per heavy atom. The Morgan fingerprint density at radius 1 is 1.75 bits per heavy atom. The first-order valence-electron chi connectivity index (χ1n) is 4.55. The van der Waals surface area contributed by atoms with Gasteiger partial charge in [-0.05, 0) is 32.1 Å². The van der Waals surface area contributed by atoms with Crippen LogP contribution in [0.1, 0.15) is 32.6 Å². The molecule has 0 aromatic heterocycles. The van der Waals surface area contributed by atoms with Gasteiger partial charge in [0.1, 0.15) is 5.78 Å². The van der Waals surface area contributed by atoms with Crippen LogP contribution in [0.5, 0.6) is 0 Å². The van der Waals surface area contributed by atoms with Crippen LogP contribution in [-0.2, 0) is 4.79 Å². The van der Waals surface area contributed by atoms with Gasteiger partial charge in [0.25, 0.3) is 0 Å². The Balaban J connectivity index is 2.37. The zero-order chi connectivity index (χ0) is 8.97. The molecule has 12 heavy (non-hydrogen) atoms. The van der Waals surface area contributed by atoms with Gasteiger partial charge in [-0.25, -0.2) is 0 Å². The second-order valence-corrected chi connectivity index (χ2v) is 3.49. The van der Waals surface area contributed by atoms with Crippen molar-refractivity contribution in [2.75, 3.05) is 0 Å². The highest BCUT2D eigenvalue weighted by molar-refractivity contribution is 5.75. The van der Waals surface area contributed by atoms with Crippen LogP contribution in [0.15, 0.2) is 24.3 Å². The van der Waals surface area contributed by atoms with Gasteiger partial charge < -0.3 is 4.79 Å². The number of carbonyl (C=O) groups excluding carboxylic acids is 1. The van der Waals surface area contributed by atoms with Gasteiger partial charge >= 0.3 is 0 Å². The summed E-state index contributed by atoms with van der Waals surface area (Å²) in [5.41, 5.74) is 1.20. The standard InChI is InChI=1S/C11H16O/c1-9-5-3-4-6-11(9)8-7-10(2)12/h3,5,11H,1,4,6-8H2,2H3. The summed E-state index contributed by atoms with van der Waals surface area (Å²) < 4.78 is 0. The van der Waals surface area contributed by atoms with E-state index in [1.165, 1.54) is 12.0 Å². The molecule has 0 saturated heterocycles. The maximum absolute atomic E-state index is 10.7. The highest BCUT2D eigenvalue weighted by atomic mass is 16.1. The fourth-order valence-electron chi connectivity index (χ4n) is 1.56. The first-order valence-corrected chi connectivity index (χ1v) is 4.55. The van der Waals surface area contributed by atoms with Crippen LogP contribution in [0, 0.1) is 5.92 Å². The molecule has 1 unspecified atom stereocenters. The van der Waals surface area contributed by atoms with E-state index in [4.69, 9.17) is 0 Å². The molecule has 1 rings (SSSR count). The number of carbonyl (C=O) groups is 1. The third-order valence-corrected chi connectivity index (χ3v) is 2.38. The van der Waals surface area contributed by atoms with Crippen LogP contribution in [-0.4, -0.2) is 5.78 Å². The van der Waals surface area contributed by atoms with Gasteiger partial charge in [0.15, 0.2) is 0 Å². The predicted octanol–water partition coefficient (Wildman–Crippen LogP) is 2.88. The lowest BCUT2D eigenvalue weighted by Gasteiger charge is -2.19. The van der Waals surface area contributed by atoms with Gasteiger partial charge in [-0.3, -0.25) is 0 Å². The van der Waals surface area contributed by atoms with E-state index in [0.29, 0.717) is 12.3 Å². The summed E-state index contributed by atoms with van der Waals surface area (Å²) in [6.07, 6.45) is 8.25. The van der Waals surface area contributed by atoms with E-state index in [2.05, 4.69) is 18.7 Å². The first-order chi connectivity index (χ1) is 5.70. The van der Waals surface area contributed by atoms with Crippen molar-refractivity contribution < 1.29 is 4.79 Å². The Hall–Kier alpha value is -0.850. The molecule has 0 aromatic carbocycles. The molecule has 0 spiro atoms. The lowest BCUT2D eigenvalue weighted by molar-refractivity contribution is -0.117. The van der Waals surface area contributed by atoms with Gasteiger partial charge in [-0.15, -0.1) is 0 Å². The van der Waals surface area contributed by atoms with E-state index < -0.39 is 0 Å². The molecule has 0 saturated carbocycles. The van der Waals surface area contributed by atoms with Crippen LogP contribution in [0.25, 0.3) is 0 Å². The van der Waals surface area contributed by atoms with Gasteiger partial charge in [-0.1, -0.05) is 24.3 Å². The average molecular weight is 164 g/mol. The molecule has 1 atom stereocenters. The van der Waals surface area contributed by atoms with Crippen molar-refractivity contribution in [1.82, 2.24) is 0 Å². The summed E-state index contributed by atoms with van der Waals surface area (Å²) in [4.78, 5) is 10.7. The molecule has 66 valence electrons. The molecule has 1 aliphatic rings. The fraction of sp³-hybridized carbons (Fsp3) is 0.545. The molecule has 0 amide bonds. The monoisotopic (exact) mass is 164 g/mol. The highest BCUT2D eigenvalue weighted by Gasteiger charge is 2.13. The Bertz CT molecular complexity index is 213. The van der Waals surface area contributed by atoms with E-state index in [9.17, 15) is 4.79 Å². The van der Waals surface area contributed by atoms with Crippen LogP contribution >= 0.6 is 0 Å². The van der Waals surface area contributed by atoms with Crippen molar-refractivity contribution in [2.45, 2.75) is 32.6 Å². The summed E-state index contributed by atoms with van der Waals surface area (Å²) in [7, 11) is 0. The number of allylic oxidation sites excluding steroid dienone is 3.